The molecule has 0 saturated heterocycles. The molecule has 17 heavy (non-hydrogen) atoms. The molecule has 0 aromatic carbocycles. The summed E-state index contributed by atoms with van der Waals surface area (Å²) < 4.78 is 2.76. The molecular formula is C9H8N4O4. The van der Waals surface area contributed by atoms with Crippen LogP contribution in [-0.2, 0) is 17.9 Å². The van der Waals surface area contributed by atoms with Gasteiger partial charge in [0.1, 0.15) is 5.65 Å². The Balaban J connectivity index is 2.36. The van der Waals surface area contributed by atoms with Gasteiger partial charge in [-0.3, -0.25) is 19.1 Å². The van der Waals surface area contributed by atoms with Gasteiger partial charge in [0.15, 0.2) is 5.52 Å². The van der Waals surface area contributed by atoms with Gasteiger partial charge < -0.3 is 9.67 Å². The number of carboxylic acids is 1. The summed E-state index contributed by atoms with van der Waals surface area (Å²) in [6.07, 6.45) is 1.38. The molecule has 1 atom stereocenters. The van der Waals surface area contributed by atoms with Crippen LogP contribution >= 0.6 is 0 Å². The summed E-state index contributed by atoms with van der Waals surface area (Å²) in [5.41, 5.74) is -0.603. The topological polar surface area (TPSA) is 110 Å². The van der Waals surface area contributed by atoms with Gasteiger partial charge in [0.25, 0.3) is 5.56 Å². The molecule has 88 valence electrons. The van der Waals surface area contributed by atoms with Crippen molar-refractivity contribution in [2.75, 3.05) is 0 Å². The number of H-pyrrole nitrogens is 1. The average molecular weight is 236 g/mol. The molecule has 0 bridgehead atoms. The molecule has 8 nitrogen and oxygen atoms in total. The molecule has 0 aliphatic carbocycles. The number of rotatable bonds is 1. The van der Waals surface area contributed by atoms with Crippen LogP contribution in [0.25, 0.3) is 11.2 Å². The van der Waals surface area contributed by atoms with Crippen LogP contribution in [0, 0.1) is 5.92 Å². The molecule has 1 unspecified atom stereocenters. The van der Waals surface area contributed by atoms with Crippen LogP contribution in [0.1, 0.15) is 0 Å². The van der Waals surface area contributed by atoms with E-state index in [0.29, 0.717) is 5.65 Å². The first-order valence-electron chi connectivity index (χ1n) is 4.98. The number of aliphatic carboxylic acids is 1. The molecule has 0 spiro atoms. The third-order valence-electron chi connectivity index (χ3n) is 2.92. The molecule has 3 heterocycles. The molecule has 2 aromatic heterocycles. The highest BCUT2D eigenvalue weighted by Gasteiger charge is 2.27. The monoisotopic (exact) mass is 236 g/mol. The molecule has 2 aromatic rings. The molecule has 0 radical (unpaired) electrons. The number of carboxylic acid groups (broad SMARTS) is 1. The van der Waals surface area contributed by atoms with Crippen LogP contribution in [0.15, 0.2) is 15.9 Å². The van der Waals surface area contributed by atoms with Crippen LogP contribution in [-0.4, -0.2) is 30.2 Å². The molecular weight excluding hydrogens is 228 g/mol. The minimum atomic E-state index is -0.976. The van der Waals surface area contributed by atoms with Crippen molar-refractivity contribution in [3.05, 3.63) is 27.2 Å². The summed E-state index contributed by atoms with van der Waals surface area (Å²) in [6.45, 7) is 0.266. The highest BCUT2D eigenvalue weighted by Crippen LogP contribution is 2.17. The molecule has 1 aliphatic rings. The van der Waals surface area contributed by atoms with Crippen molar-refractivity contribution < 1.29 is 9.90 Å². The number of hydrogen-bond donors (Lipinski definition) is 2. The molecule has 8 heteroatoms. The van der Waals surface area contributed by atoms with Crippen molar-refractivity contribution in [1.29, 1.82) is 0 Å². The van der Waals surface area contributed by atoms with E-state index in [1.807, 2.05) is 0 Å². The zero-order valence-corrected chi connectivity index (χ0v) is 8.58. The van der Waals surface area contributed by atoms with Gasteiger partial charge in [-0.05, 0) is 0 Å². The van der Waals surface area contributed by atoms with E-state index in [9.17, 15) is 14.4 Å². The Morgan fingerprint density at radius 2 is 2.24 bits per heavy atom. The molecule has 3 rings (SSSR count). The van der Waals surface area contributed by atoms with Crippen LogP contribution in [0.5, 0.6) is 0 Å². The van der Waals surface area contributed by atoms with Gasteiger partial charge in [0.05, 0.1) is 12.2 Å². The predicted molar refractivity (Wildman–Crippen MR) is 55.7 cm³/mol. The average Bonchev–Trinajstić information content (AvgIpc) is 2.69. The Morgan fingerprint density at radius 3 is 2.94 bits per heavy atom. The van der Waals surface area contributed by atoms with E-state index < -0.39 is 23.1 Å². The first-order valence-corrected chi connectivity index (χ1v) is 4.98. The Hall–Kier alpha value is -2.38. The number of imidazole rings is 1. The molecule has 0 saturated carbocycles. The summed E-state index contributed by atoms with van der Waals surface area (Å²) in [7, 11) is 0. The highest BCUT2D eigenvalue weighted by molar-refractivity contribution is 5.74. The molecule has 0 amide bonds. The fraction of sp³-hybridized carbons (Fsp3) is 0.333. The van der Waals surface area contributed by atoms with Crippen molar-refractivity contribution in [3.63, 3.8) is 0 Å². The third kappa shape index (κ3) is 1.23. The number of aromatic nitrogens is 4. The smallest absolute Gasteiger partial charge is 0.330 e. The van der Waals surface area contributed by atoms with Gasteiger partial charge >= 0.3 is 11.7 Å². The standard InChI is InChI=1S/C9H8N4O4/c14-6-5-7-12(3-10-5)1-4(8(15)16)2-13(7)9(17)11-6/h3-4H,1-2H2,(H,15,16)(H,11,14,17). The van der Waals surface area contributed by atoms with Crippen molar-refractivity contribution >= 4 is 17.1 Å². The second-order valence-electron chi connectivity index (χ2n) is 3.97. The lowest BCUT2D eigenvalue weighted by molar-refractivity contribution is -0.142. The van der Waals surface area contributed by atoms with Gasteiger partial charge in [-0.15, -0.1) is 0 Å². The Kier molecular flexibility index (Phi) is 1.77. The second kappa shape index (κ2) is 3.06. The van der Waals surface area contributed by atoms with Crippen LogP contribution in [0.2, 0.25) is 0 Å². The summed E-state index contributed by atoms with van der Waals surface area (Å²) in [6, 6.07) is 0. The lowest BCUT2D eigenvalue weighted by Gasteiger charge is -2.21. The zero-order valence-electron chi connectivity index (χ0n) is 8.58. The van der Waals surface area contributed by atoms with E-state index in [1.54, 1.807) is 0 Å². The van der Waals surface area contributed by atoms with Crippen molar-refractivity contribution in [3.8, 4) is 0 Å². The van der Waals surface area contributed by atoms with E-state index >= 15 is 0 Å². The van der Waals surface area contributed by atoms with E-state index in [1.165, 1.54) is 15.5 Å². The first-order chi connectivity index (χ1) is 8.08. The van der Waals surface area contributed by atoms with Crippen molar-refractivity contribution in [1.82, 2.24) is 19.1 Å². The van der Waals surface area contributed by atoms with E-state index in [-0.39, 0.29) is 18.6 Å². The summed E-state index contributed by atoms with van der Waals surface area (Å²) >= 11 is 0. The van der Waals surface area contributed by atoms with Gasteiger partial charge in [-0.1, -0.05) is 0 Å². The van der Waals surface area contributed by atoms with E-state index in [0.717, 1.165) is 0 Å². The fourth-order valence-corrected chi connectivity index (χ4v) is 2.11. The van der Waals surface area contributed by atoms with E-state index in [2.05, 4.69) is 9.97 Å². The lowest BCUT2D eigenvalue weighted by atomic mass is 10.1. The largest absolute Gasteiger partial charge is 0.481 e. The maximum atomic E-state index is 11.6. The fourth-order valence-electron chi connectivity index (χ4n) is 2.11. The summed E-state index contributed by atoms with van der Waals surface area (Å²) in [5.74, 6) is -1.67. The number of aromatic amines is 1. The quantitative estimate of drug-likeness (QED) is 0.632. The number of hydrogen-bond acceptors (Lipinski definition) is 4. The zero-order chi connectivity index (χ0) is 12.2. The van der Waals surface area contributed by atoms with Gasteiger partial charge in [-0.25, -0.2) is 9.78 Å². The minimum absolute atomic E-state index is 0.0487. The Bertz CT molecular complexity index is 738. The molecule has 0 fully saturated rings. The van der Waals surface area contributed by atoms with E-state index in [4.69, 9.17) is 5.11 Å². The minimum Gasteiger partial charge on any atom is -0.481 e. The number of carbonyl (C=O) groups is 1. The Morgan fingerprint density at radius 1 is 1.47 bits per heavy atom. The van der Waals surface area contributed by atoms with Crippen molar-refractivity contribution in [2.24, 2.45) is 5.92 Å². The molecule has 1 aliphatic heterocycles. The lowest BCUT2D eigenvalue weighted by Crippen LogP contribution is -2.39. The molecule has 2 N–H and O–H groups in total. The third-order valence-corrected chi connectivity index (χ3v) is 2.92. The Labute approximate surface area is 93.1 Å². The number of nitrogens with one attached hydrogen (secondary N) is 1. The maximum Gasteiger partial charge on any atom is 0.330 e. The van der Waals surface area contributed by atoms with Crippen LogP contribution in [0.3, 0.4) is 0 Å². The van der Waals surface area contributed by atoms with Crippen molar-refractivity contribution in [2.45, 2.75) is 13.1 Å². The van der Waals surface area contributed by atoms with Crippen LogP contribution in [0.4, 0.5) is 0 Å². The number of nitrogens with zero attached hydrogens (tertiary/aromatic N) is 3. The summed E-state index contributed by atoms with van der Waals surface area (Å²) in [5, 5.41) is 8.98. The predicted octanol–water partition coefficient (Wildman–Crippen LogP) is -1.40. The van der Waals surface area contributed by atoms with Gasteiger partial charge in [0.2, 0.25) is 0 Å². The summed E-state index contributed by atoms with van der Waals surface area (Å²) in [4.78, 5) is 40.0. The maximum absolute atomic E-state index is 11.6. The SMILES string of the molecule is O=C(O)C1Cn2cnc3c(=O)[nH]c(=O)n(c32)C1. The normalized spacial score (nSPS) is 18.5. The highest BCUT2D eigenvalue weighted by atomic mass is 16.4. The first kappa shape index (κ1) is 9.82. The van der Waals surface area contributed by atoms with Crippen LogP contribution < -0.4 is 11.2 Å². The van der Waals surface area contributed by atoms with Gasteiger partial charge in [0, 0.05) is 13.1 Å². The van der Waals surface area contributed by atoms with Gasteiger partial charge in [-0.2, -0.15) is 0 Å². The second-order valence-corrected chi connectivity index (χ2v) is 3.97.